The number of thiophene rings is 1. The predicted octanol–water partition coefficient (Wildman–Crippen LogP) is 3.51. The van der Waals surface area contributed by atoms with Gasteiger partial charge in [0.25, 0.3) is 11.5 Å². The number of H-pyrrole nitrogens is 1. The molecule has 1 aromatic carbocycles. The second kappa shape index (κ2) is 12.0. The van der Waals surface area contributed by atoms with Crippen molar-refractivity contribution in [3.63, 3.8) is 0 Å². The number of rotatable bonds is 4. The molecule has 0 spiro atoms. The number of amides is 2. The molecule has 3 aromatic rings. The fraction of sp³-hybridized carbons (Fsp3) is 0.320. The van der Waals surface area contributed by atoms with Crippen molar-refractivity contribution in [3.05, 3.63) is 79.3 Å². The number of pyridine rings is 1. The van der Waals surface area contributed by atoms with Crippen molar-refractivity contribution in [1.82, 2.24) is 4.98 Å². The molecule has 1 aliphatic carbocycles. The van der Waals surface area contributed by atoms with Crippen LogP contribution in [0.15, 0.2) is 51.3 Å². The van der Waals surface area contributed by atoms with Crippen molar-refractivity contribution >= 4 is 51.5 Å². The zero-order valence-corrected chi connectivity index (χ0v) is 27.5. The minimum absolute atomic E-state index is 0. The summed E-state index contributed by atoms with van der Waals surface area (Å²) >= 11 is 3.40. The van der Waals surface area contributed by atoms with Crippen molar-refractivity contribution in [3.8, 4) is 0 Å². The fourth-order valence-electron chi connectivity index (χ4n) is 4.18. The van der Waals surface area contributed by atoms with Crippen molar-refractivity contribution in [2.75, 3.05) is 5.32 Å². The average Bonchev–Trinajstić information content (AvgIpc) is 3.44. The van der Waals surface area contributed by atoms with E-state index in [0.29, 0.717) is 22.2 Å². The van der Waals surface area contributed by atoms with Gasteiger partial charge in [0.2, 0.25) is 0 Å². The molecule has 1 atom stereocenters. The molecule has 172 valence electrons. The number of fused-ring (bicyclic) bond motifs is 1. The molecule has 0 bridgehead atoms. The van der Waals surface area contributed by atoms with E-state index >= 15 is 0 Å². The van der Waals surface area contributed by atoms with Gasteiger partial charge in [0, 0.05) is 10.6 Å². The summed E-state index contributed by atoms with van der Waals surface area (Å²) in [5.41, 5.74) is 8.69. The number of carbonyl (C=O) groups excluding carboxylic acids is 2. The zero-order valence-electron chi connectivity index (χ0n) is 19.6. The summed E-state index contributed by atoms with van der Waals surface area (Å²) in [5, 5.41) is 10.2. The molecule has 1 saturated carbocycles. The Labute approximate surface area is 266 Å². The minimum Gasteiger partial charge on any atom is -0.663 e. The molecular weight excluding hydrogens is 587 g/mol. The predicted molar refractivity (Wildman–Crippen MR) is 138 cm³/mol. The van der Waals surface area contributed by atoms with Gasteiger partial charge >= 0.3 is 68.9 Å². The van der Waals surface area contributed by atoms with Gasteiger partial charge in [-0.05, 0) is 58.5 Å². The number of thioether (sulfide) groups is 1. The molecule has 2 aliphatic rings. The van der Waals surface area contributed by atoms with Crippen LogP contribution < -0.4 is 79.8 Å². The summed E-state index contributed by atoms with van der Waals surface area (Å²) in [6.07, 6.45) is 6.54. The number of hydrogen-bond donors (Lipinski definition) is 2. The van der Waals surface area contributed by atoms with E-state index in [1.54, 1.807) is 6.07 Å². The van der Waals surface area contributed by atoms with Gasteiger partial charge in [0.15, 0.2) is 0 Å². The molecular formula is C25H26CsN3O3S2. The van der Waals surface area contributed by atoms with E-state index in [-0.39, 0.29) is 85.8 Å². The van der Waals surface area contributed by atoms with Crippen LogP contribution in [0.4, 0.5) is 5.69 Å². The molecule has 1 fully saturated rings. The molecule has 2 aromatic heterocycles. The van der Waals surface area contributed by atoms with Crippen LogP contribution in [0, 0.1) is 0 Å². The Morgan fingerprint density at radius 3 is 2.50 bits per heavy atom. The van der Waals surface area contributed by atoms with Crippen LogP contribution in [0.5, 0.6) is 0 Å². The Kier molecular flexibility index (Phi) is 9.78. The summed E-state index contributed by atoms with van der Waals surface area (Å²) in [4.78, 5) is 39.5. The molecule has 5 rings (SSSR count). The van der Waals surface area contributed by atoms with Gasteiger partial charge in [-0.2, -0.15) is 11.3 Å². The van der Waals surface area contributed by atoms with Gasteiger partial charge in [-0.25, -0.2) is 0 Å². The first-order chi connectivity index (χ1) is 15.8. The zero-order chi connectivity index (χ0) is 23.6. The SMILES string of the molecule is CC1(c2ccc3cc(C([NH-])=O)c(=O)[nH]c3c2C(=O)Nc2ccsc2)CCC1.CC1CC=CS1.[Cs+]. The quantitative estimate of drug-likeness (QED) is 0.471. The Balaban J connectivity index is 0.000000405. The molecule has 6 nitrogen and oxygen atoms in total. The van der Waals surface area contributed by atoms with Gasteiger partial charge < -0.3 is 20.8 Å². The number of allylic oxidation sites excluding steroid dienone is 1. The Hall–Kier alpha value is -0.788. The van der Waals surface area contributed by atoms with Crippen molar-refractivity contribution in [1.29, 1.82) is 0 Å². The molecule has 34 heavy (non-hydrogen) atoms. The fourth-order valence-corrected chi connectivity index (χ4v) is 5.48. The maximum Gasteiger partial charge on any atom is 1.00 e. The van der Waals surface area contributed by atoms with Crippen LogP contribution in [0.2, 0.25) is 0 Å². The molecule has 3 heterocycles. The molecule has 2 amide bonds. The summed E-state index contributed by atoms with van der Waals surface area (Å²) in [5.74, 6) is -1.33. The second-order valence-corrected chi connectivity index (χ2v) is 10.9. The van der Waals surface area contributed by atoms with Gasteiger partial charge in [-0.1, -0.05) is 38.5 Å². The number of carbonyl (C=O) groups is 2. The van der Waals surface area contributed by atoms with Gasteiger partial charge in [0.05, 0.1) is 28.2 Å². The number of nitrogens with one attached hydrogen (secondary N) is 3. The average molecular weight is 614 g/mol. The third-order valence-electron chi connectivity index (χ3n) is 6.25. The minimum atomic E-state index is -1.04. The molecule has 1 aliphatic heterocycles. The number of hydrogen-bond acceptors (Lipinski definition) is 5. The maximum atomic E-state index is 13.1. The monoisotopic (exact) mass is 613 g/mol. The van der Waals surface area contributed by atoms with E-state index in [2.05, 4.69) is 35.6 Å². The van der Waals surface area contributed by atoms with Crippen molar-refractivity contribution < 1.29 is 78.5 Å². The number of aromatic amines is 1. The molecule has 3 N–H and O–H groups in total. The van der Waals surface area contributed by atoms with E-state index in [1.165, 1.54) is 23.8 Å². The van der Waals surface area contributed by atoms with E-state index in [4.69, 9.17) is 5.73 Å². The second-order valence-electron chi connectivity index (χ2n) is 8.73. The largest absolute Gasteiger partial charge is 1.00 e. The van der Waals surface area contributed by atoms with Gasteiger partial charge in [-0.15, -0.1) is 11.8 Å². The van der Waals surface area contributed by atoms with Crippen molar-refractivity contribution in [2.45, 2.75) is 50.2 Å². The van der Waals surface area contributed by atoms with Crippen LogP contribution in [0.1, 0.15) is 65.8 Å². The number of anilines is 1. The summed E-state index contributed by atoms with van der Waals surface area (Å²) in [6.45, 7) is 4.36. The third kappa shape index (κ3) is 6.12. The van der Waals surface area contributed by atoms with E-state index in [0.717, 1.165) is 30.1 Å². The van der Waals surface area contributed by atoms with Crippen LogP contribution >= 0.6 is 23.1 Å². The van der Waals surface area contributed by atoms with Crippen molar-refractivity contribution in [2.24, 2.45) is 0 Å². The first-order valence-corrected chi connectivity index (χ1v) is 12.8. The summed E-state index contributed by atoms with van der Waals surface area (Å²) in [7, 11) is 0. The maximum absolute atomic E-state index is 13.1. The molecule has 1 unspecified atom stereocenters. The normalized spacial score (nSPS) is 17.8. The summed E-state index contributed by atoms with van der Waals surface area (Å²) in [6, 6.07) is 6.91. The van der Waals surface area contributed by atoms with Crippen LogP contribution in [0.25, 0.3) is 16.6 Å². The summed E-state index contributed by atoms with van der Waals surface area (Å²) < 4.78 is 0. The Morgan fingerprint density at radius 2 is 2.00 bits per heavy atom. The van der Waals surface area contributed by atoms with Crippen LogP contribution in [-0.4, -0.2) is 22.0 Å². The standard InChI is InChI=1S/C20H19N3O3S.C5H8S.Cs/c1-20(6-2-7-20)14-4-3-11-9-13(17(21)24)18(25)23-16(11)15(14)19(26)22-12-5-8-27-10-12;1-5-3-2-4-6-5;/h3-5,8-10H,2,6-7H2,1H3,(H4,21,22,23,24,25,26);2,4-5H,3H2,1H3;/q;;+1/p-1. The Morgan fingerprint density at radius 1 is 1.24 bits per heavy atom. The Bertz CT molecular complexity index is 1270. The first-order valence-electron chi connectivity index (χ1n) is 10.9. The van der Waals surface area contributed by atoms with Crippen LogP contribution in [0.3, 0.4) is 0 Å². The molecule has 0 radical (unpaired) electrons. The topological polar surface area (TPSA) is 103 Å². The van der Waals surface area contributed by atoms with Crippen LogP contribution in [-0.2, 0) is 5.41 Å². The van der Waals surface area contributed by atoms with E-state index < -0.39 is 11.5 Å². The first kappa shape index (κ1) is 27.8. The van der Waals surface area contributed by atoms with E-state index in [9.17, 15) is 14.4 Å². The third-order valence-corrected chi connectivity index (χ3v) is 7.94. The number of aromatic nitrogens is 1. The van der Waals surface area contributed by atoms with Gasteiger partial charge in [0.1, 0.15) is 0 Å². The number of benzene rings is 1. The molecule has 0 saturated heterocycles. The molecule has 9 heteroatoms. The smallest absolute Gasteiger partial charge is 0.663 e. The van der Waals surface area contributed by atoms with E-state index in [1.807, 2.05) is 34.7 Å². The van der Waals surface area contributed by atoms with Gasteiger partial charge in [-0.3, -0.25) is 9.59 Å².